The van der Waals surface area contributed by atoms with Crippen LogP contribution in [0.3, 0.4) is 0 Å². The van der Waals surface area contributed by atoms with E-state index >= 15 is 0 Å². The highest BCUT2D eigenvalue weighted by Gasteiger charge is 2.17. The highest BCUT2D eigenvalue weighted by Crippen LogP contribution is 2.12. The average molecular weight is 183 g/mol. The predicted octanol–water partition coefficient (Wildman–Crippen LogP) is 0.977. The minimum absolute atomic E-state index is 0.264. The Hall–Kier alpha value is -0.900. The summed E-state index contributed by atoms with van der Waals surface area (Å²) in [6.45, 7) is 5.00. The van der Waals surface area contributed by atoms with Crippen molar-refractivity contribution in [2.45, 2.75) is 20.0 Å². The van der Waals surface area contributed by atoms with Crippen molar-refractivity contribution in [3.63, 3.8) is 0 Å². The highest BCUT2D eigenvalue weighted by molar-refractivity contribution is 5.05. The molecule has 1 aromatic rings. The molecule has 1 aromatic heterocycles. The van der Waals surface area contributed by atoms with Crippen molar-refractivity contribution in [3.05, 3.63) is 17.7 Å². The van der Waals surface area contributed by atoms with Crippen LogP contribution in [0.5, 0.6) is 0 Å². The first kappa shape index (κ1) is 8.69. The van der Waals surface area contributed by atoms with Crippen LogP contribution in [0.4, 0.5) is 4.39 Å². The van der Waals surface area contributed by atoms with Crippen LogP contribution in [0, 0.1) is 6.92 Å². The van der Waals surface area contributed by atoms with Crippen LogP contribution in [0.1, 0.15) is 11.5 Å². The predicted molar refractivity (Wildman–Crippen MR) is 48.2 cm³/mol. The SMILES string of the molecule is Cc1cnc2n1CCN(CCF)C2. The first-order valence-corrected chi connectivity index (χ1v) is 4.60. The van der Waals surface area contributed by atoms with E-state index in [1.807, 2.05) is 6.20 Å². The van der Waals surface area contributed by atoms with Gasteiger partial charge in [-0.2, -0.15) is 0 Å². The van der Waals surface area contributed by atoms with Gasteiger partial charge in [0.1, 0.15) is 12.5 Å². The average Bonchev–Trinajstić information content (AvgIpc) is 2.48. The van der Waals surface area contributed by atoms with Gasteiger partial charge in [-0.3, -0.25) is 4.90 Å². The van der Waals surface area contributed by atoms with Crippen molar-refractivity contribution < 1.29 is 4.39 Å². The topological polar surface area (TPSA) is 21.1 Å². The van der Waals surface area contributed by atoms with Crippen LogP contribution < -0.4 is 0 Å². The number of halogens is 1. The number of alkyl halides is 1. The van der Waals surface area contributed by atoms with Gasteiger partial charge in [0, 0.05) is 31.5 Å². The summed E-state index contributed by atoms with van der Waals surface area (Å²) >= 11 is 0. The zero-order chi connectivity index (χ0) is 9.26. The van der Waals surface area contributed by atoms with Crippen LogP contribution in [-0.4, -0.2) is 34.2 Å². The fraction of sp³-hybridized carbons (Fsp3) is 0.667. The molecule has 1 aliphatic heterocycles. The van der Waals surface area contributed by atoms with E-state index in [0.29, 0.717) is 6.54 Å². The first-order chi connectivity index (χ1) is 6.31. The van der Waals surface area contributed by atoms with Gasteiger partial charge in [-0.25, -0.2) is 9.37 Å². The maximum absolute atomic E-state index is 12.1. The van der Waals surface area contributed by atoms with Gasteiger partial charge in [0.25, 0.3) is 0 Å². The van der Waals surface area contributed by atoms with E-state index in [1.165, 1.54) is 5.69 Å². The second-order valence-corrected chi connectivity index (χ2v) is 3.43. The van der Waals surface area contributed by atoms with E-state index in [0.717, 1.165) is 25.5 Å². The molecule has 0 amide bonds. The number of hydrogen-bond donors (Lipinski definition) is 0. The number of aromatic nitrogens is 2. The lowest BCUT2D eigenvalue weighted by Gasteiger charge is -2.27. The molecule has 0 atom stereocenters. The van der Waals surface area contributed by atoms with Gasteiger partial charge < -0.3 is 4.57 Å². The summed E-state index contributed by atoms with van der Waals surface area (Å²) in [5.41, 5.74) is 1.20. The lowest BCUT2D eigenvalue weighted by atomic mass is 10.3. The molecule has 0 unspecified atom stereocenters. The summed E-state index contributed by atoms with van der Waals surface area (Å²) in [4.78, 5) is 6.39. The Morgan fingerprint density at radius 3 is 3.15 bits per heavy atom. The van der Waals surface area contributed by atoms with E-state index in [2.05, 4.69) is 21.4 Å². The third kappa shape index (κ3) is 1.58. The lowest BCUT2D eigenvalue weighted by molar-refractivity contribution is 0.199. The fourth-order valence-electron chi connectivity index (χ4n) is 1.77. The Morgan fingerprint density at radius 2 is 2.38 bits per heavy atom. The summed E-state index contributed by atoms with van der Waals surface area (Å²) in [7, 11) is 0. The summed E-state index contributed by atoms with van der Waals surface area (Å²) in [5, 5.41) is 0. The van der Waals surface area contributed by atoms with Gasteiger partial charge in [0.2, 0.25) is 0 Å². The Morgan fingerprint density at radius 1 is 1.54 bits per heavy atom. The molecule has 1 aliphatic rings. The van der Waals surface area contributed by atoms with Crippen LogP contribution >= 0.6 is 0 Å². The smallest absolute Gasteiger partial charge is 0.123 e. The number of imidazole rings is 1. The number of rotatable bonds is 2. The third-order valence-corrected chi connectivity index (χ3v) is 2.54. The largest absolute Gasteiger partial charge is 0.330 e. The first-order valence-electron chi connectivity index (χ1n) is 4.60. The van der Waals surface area contributed by atoms with E-state index in [4.69, 9.17) is 0 Å². The molecule has 4 heteroatoms. The summed E-state index contributed by atoms with van der Waals surface area (Å²) < 4.78 is 14.3. The number of hydrogen-bond acceptors (Lipinski definition) is 2. The van der Waals surface area contributed by atoms with Crippen molar-refractivity contribution in [3.8, 4) is 0 Å². The Labute approximate surface area is 77.2 Å². The highest BCUT2D eigenvalue weighted by atomic mass is 19.1. The van der Waals surface area contributed by atoms with E-state index in [9.17, 15) is 4.39 Å². The molecule has 0 spiro atoms. The quantitative estimate of drug-likeness (QED) is 0.681. The molecule has 0 radical (unpaired) electrons. The van der Waals surface area contributed by atoms with Crippen LogP contribution in [-0.2, 0) is 13.1 Å². The van der Waals surface area contributed by atoms with E-state index in [-0.39, 0.29) is 6.67 Å². The molecular formula is C9H14FN3. The molecule has 72 valence electrons. The minimum atomic E-state index is -0.264. The molecular weight excluding hydrogens is 169 g/mol. The molecule has 0 fully saturated rings. The Balaban J connectivity index is 2.11. The van der Waals surface area contributed by atoms with Gasteiger partial charge in [0.05, 0.1) is 6.54 Å². The maximum atomic E-state index is 12.1. The standard InChI is InChI=1S/C9H14FN3/c1-8-6-11-9-7-12(3-2-10)4-5-13(8)9/h6H,2-5,7H2,1H3. The van der Waals surface area contributed by atoms with Gasteiger partial charge in [-0.15, -0.1) is 0 Å². The summed E-state index contributed by atoms with van der Waals surface area (Å²) in [5.74, 6) is 1.07. The fourth-order valence-corrected chi connectivity index (χ4v) is 1.77. The molecule has 2 heterocycles. The summed E-state index contributed by atoms with van der Waals surface area (Å²) in [6, 6.07) is 0. The molecule has 0 N–H and O–H groups in total. The van der Waals surface area contributed by atoms with Gasteiger partial charge in [0.15, 0.2) is 0 Å². The van der Waals surface area contributed by atoms with Gasteiger partial charge in [-0.1, -0.05) is 0 Å². The van der Waals surface area contributed by atoms with Crippen molar-refractivity contribution in [1.29, 1.82) is 0 Å². The lowest BCUT2D eigenvalue weighted by Crippen LogP contribution is -2.35. The Kier molecular flexibility index (Phi) is 2.31. The second kappa shape index (κ2) is 3.46. The zero-order valence-electron chi connectivity index (χ0n) is 7.83. The zero-order valence-corrected chi connectivity index (χ0v) is 7.83. The molecule has 13 heavy (non-hydrogen) atoms. The van der Waals surface area contributed by atoms with Crippen LogP contribution in [0.25, 0.3) is 0 Å². The third-order valence-electron chi connectivity index (χ3n) is 2.54. The van der Waals surface area contributed by atoms with Crippen molar-refractivity contribution in [1.82, 2.24) is 14.5 Å². The molecule has 0 saturated heterocycles. The van der Waals surface area contributed by atoms with Gasteiger partial charge in [-0.05, 0) is 6.92 Å². The monoisotopic (exact) mass is 183 g/mol. The van der Waals surface area contributed by atoms with Crippen molar-refractivity contribution in [2.75, 3.05) is 19.8 Å². The van der Waals surface area contributed by atoms with Crippen LogP contribution in [0.15, 0.2) is 6.20 Å². The molecule has 3 nitrogen and oxygen atoms in total. The maximum Gasteiger partial charge on any atom is 0.123 e. The van der Waals surface area contributed by atoms with Crippen molar-refractivity contribution >= 4 is 0 Å². The van der Waals surface area contributed by atoms with E-state index < -0.39 is 0 Å². The molecule has 0 saturated carbocycles. The van der Waals surface area contributed by atoms with Crippen molar-refractivity contribution in [2.24, 2.45) is 0 Å². The minimum Gasteiger partial charge on any atom is -0.330 e. The second-order valence-electron chi connectivity index (χ2n) is 3.43. The van der Waals surface area contributed by atoms with Gasteiger partial charge >= 0.3 is 0 Å². The Bertz CT molecular complexity index is 295. The number of fused-ring (bicyclic) bond motifs is 1. The molecule has 0 bridgehead atoms. The summed E-state index contributed by atoms with van der Waals surface area (Å²) in [6.07, 6.45) is 1.88. The van der Waals surface area contributed by atoms with Crippen LogP contribution in [0.2, 0.25) is 0 Å². The molecule has 0 aromatic carbocycles. The number of nitrogens with zero attached hydrogens (tertiary/aromatic N) is 3. The van der Waals surface area contributed by atoms with E-state index in [1.54, 1.807) is 0 Å². The number of aryl methyl sites for hydroxylation is 1. The molecule has 2 rings (SSSR count). The molecule has 0 aliphatic carbocycles. The normalized spacial score (nSPS) is 17.4.